The van der Waals surface area contributed by atoms with Crippen LogP contribution in [-0.2, 0) is 16.1 Å². The molecule has 6 nitrogen and oxygen atoms in total. The van der Waals surface area contributed by atoms with Gasteiger partial charge in [0.15, 0.2) is 0 Å². The average molecular weight is 377 g/mol. The molecule has 0 radical (unpaired) electrons. The molecule has 21 heavy (non-hydrogen) atoms. The van der Waals surface area contributed by atoms with E-state index >= 15 is 0 Å². The predicted molar refractivity (Wildman–Crippen MR) is 83.1 cm³/mol. The number of carbonyl (C=O) groups is 2. The quantitative estimate of drug-likeness (QED) is 0.364. The second-order valence-electron chi connectivity index (χ2n) is 3.95. The molecule has 0 aliphatic heterocycles. The van der Waals surface area contributed by atoms with Crippen LogP contribution >= 0.6 is 12.6 Å². The zero-order valence-corrected chi connectivity index (χ0v) is 14.2. The standard InChI is InChI=1S/C13H18N2O4SSe/c1-2-21-15(11(9-20)12(16)17)14-13(18)19-8-10-6-4-3-5-7-10/h3-7,11,20H,2,8-9H2,1H3,(H,14,18)(H,16,17). The van der Waals surface area contributed by atoms with E-state index in [1.807, 2.05) is 37.3 Å². The van der Waals surface area contributed by atoms with Crippen LogP contribution in [0.4, 0.5) is 4.79 Å². The number of amides is 1. The van der Waals surface area contributed by atoms with Gasteiger partial charge in [0, 0.05) is 0 Å². The summed E-state index contributed by atoms with van der Waals surface area (Å²) in [6, 6.07) is 8.40. The van der Waals surface area contributed by atoms with Gasteiger partial charge in [-0.15, -0.1) is 0 Å². The minimum absolute atomic E-state index is 0.107. The van der Waals surface area contributed by atoms with Gasteiger partial charge >= 0.3 is 135 Å². The molecule has 0 heterocycles. The number of carboxylic acid groups (broad SMARTS) is 1. The normalized spacial score (nSPS) is 12.0. The number of hydrogen-bond acceptors (Lipinski definition) is 5. The van der Waals surface area contributed by atoms with E-state index in [0.29, 0.717) is 0 Å². The first-order valence-corrected chi connectivity index (χ1v) is 8.92. The first kappa shape index (κ1) is 17.8. The zero-order chi connectivity index (χ0) is 15.7. The second-order valence-corrected chi connectivity index (χ2v) is 6.90. The van der Waals surface area contributed by atoms with Gasteiger partial charge in [-0.2, -0.15) is 0 Å². The van der Waals surface area contributed by atoms with E-state index in [2.05, 4.69) is 18.1 Å². The van der Waals surface area contributed by atoms with E-state index < -0.39 is 18.1 Å². The summed E-state index contributed by atoms with van der Waals surface area (Å²) < 4.78 is 6.48. The Balaban J connectivity index is 2.54. The monoisotopic (exact) mass is 378 g/mol. The van der Waals surface area contributed by atoms with Gasteiger partial charge in [0.2, 0.25) is 0 Å². The van der Waals surface area contributed by atoms with Crippen molar-refractivity contribution < 1.29 is 19.4 Å². The van der Waals surface area contributed by atoms with E-state index in [9.17, 15) is 9.59 Å². The van der Waals surface area contributed by atoms with Crippen LogP contribution in [0.1, 0.15) is 12.5 Å². The maximum absolute atomic E-state index is 11.8. The second kappa shape index (κ2) is 9.68. The van der Waals surface area contributed by atoms with E-state index in [1.54, 1.807) is 0 Å². The molecule has 0 spiro atoms. The summed E-state index contributed by atoms with van der Waals surface area (Å²) in [5.41, 5.74) is 3.36. The Morgan fingerprint density at radius 1 is 1.43 bits per heavy atom. The third-order valence-corrected chi connectivity index (χ3v) is 4.62. The van der Waals surface area contributed by atoms with Crippen LogP contribution in [0.25, 0.3) is 0 Å². The number of rotatable bonds is 8. The Morgan fingerprint density at radius 2 is 2.10 bits per heavy atom. The Morgan fingerprint density at radius 3 is 2.62 bits per heavy atom. The summed E-state index contributed by atoms with van der Waals surface area (Å²) in [6.45, 7) is 2.06. The van der Waals surface area contributed by atoms with Gasteiger partial charge in [-0.05, 0) is 0 Å². The van der Waals surface area contributed by atoms with Crippen LogP contribution in [0.15, 0.2) is 30.3 Å². The number of hydrogen-bond donors (Lipinski definition) is 3. The molecule has 0 aliphatic carbocycles. The van der Waals surface area contributed by atoms with Crippen LogP contribution in [0, 0.1) is 0 Å². The van der Waals surface area contributed by atoms with Crippen molar-refractivity contribution in [2.75, 3.05) is 5.75 Å². The topological polar surface area (TPSA) is 78.9 Å². The van der Waals surface area contributed by atoms with E-state index in [-0.39, 0.29) is 27.5 Å². The van der Waals surface area contributed by atoms with E-state index in [1.165, 1.54) is 4.03 Å². The van der Waals surface area contributed by atoms with Crippen LogP contribution in [0.5, 0.6) is 0 Å². The first-order chi connectivity index (χ1) is 10.1. The Bertz CT molecular complexity index is 461. The van der Waals surface area contributed by atoms with Crippen molar-refractivity contribution in [2.24, 2.45) is 0 Å². The number of aliphatic carboxylic acids is 1. The van der Waals surface area contributed by atoms with Gasteiger partial charge < -0.3 is 0 Å². The number of thiol groups is 1. The molecule has 2 N–H and O–H groups in total. The number of carboxylic acids is 1. The number of carbonyl (C=O) groups excluding carboxylic acids is 1. The Kier molecular flexibility index (Phi) is 8.22. The molecule has 0 saturated heterocycles. The molecule has 1 atom stereocenters. The van der Waals surface area contributed by atoms with E-state index in [0.717, 1.165) is 10.9 Å². The van der Waals surface area contributed by atoms with Gasteiger partial charge in [-0.1, -0.05) is 0 Å². The zero-order valence-electron chi connectivity index (χ0n) is 11.6. The van der Waals surface area contributed by atoms with Crippen LogP contribution in [-0.4, -0.2) is 48.2 Å². The summed E-state index contributed by atoms with van der Waals surface area (Å²) >= 11 is 3.83. The van der Waals surface area contributed by atoms with Crippen molar-refractivity contribution in [2.45, 2.75) is 24.9 Å². The minimum atomic E-state index is -1.02. The van der Waals surface area contributed by atoms with Gasteiger partial charge in [0.1, 0.15) is 0 Å². The van der Waals surface area contributed by atoms with E-state index in [4.69, 9.17) is 9.84 Å². The summed E-state index contributed by atoms with van der Waals surface area (Å²) in [6.07, 6.45) is -0.665. The van der Waals surface area contributed by atoms with Gasteiger partial charge in [0.25, 0.3) is 0 Å². The fourth-order valence-corrected chi connectivity index (χ4v) is 3.60. The molecule has 116 valence electrons. The number of nitrogens with one attached hydrogen (secondary N) is 1. The number of benzene rings is 1. The summed E-state index contributed by atoms with van der Waals surface area (Å²) in [7, 11) is 0. The molecule has 0 aromatic heterocycles. The number of nitrogens with zero attached hydrogens (tertiary/aromatic N) is 1. The maximum atomic E-state index is 11.8. The summed E-state index contributed by atoms with van der Waals surface area (Å²) in [5.74, 6) is -0.917. The molecule has 0 saturated carbocycles. The molecule has 0 bridgehead atoms. The molecule has 1 rings (SSSR count). The predicted octanol–water partition coefficient (Wildman–Crippen LogP) is 1.57. The molecule has 0 fully saturated rings. The Labute approximate surface area is 135 Å². The Hall–Kier alpha value is -1.21. The molecule has 1 aromatic rings. The fraction of sp³-hybridized carbons (Fsp3) is 0.385. The molecular formula is C13H18N2O4SSe. The molecule has 0 aliphatic rings. The molecule has 8 heteroatoms. The van der Waals surface area contributed by atoms with Crippen molar-refractivity contribution in [3.05, 3.63) is 35.9 Å². The van der Waals surface area contributed by atoms with Crippen molar-refractivity contribution in [1.29, 1.82) is 0 Å². The van der Waals surface area contributed by atoms with Crippen molar-refractivity contribution in [3.63, 3.8) is 0 Å². The molecular weight excluding hydrogens is 359 g/mol. The summed E-state index contributed by atoms with van der Waals surface area (Å²) in [5, 5.41) is 9.87. The van der Waals surface area contributed by atoms with Gasteiger partial charge in [0.05, 0.1) is 0 Å². The third kappa shape index (κ3) is 6.39. The molecule has 1 aromatic carbocycles. The van der Waals surface area contributed by atoms with Gasteiger partial charge in [-0.25, -0.2) is 0 Å². The SMILES string of the molecule is CC[Se]N(NC(=O)OCc1ccccc1)C(CS)C(=O)O. The van der Waals surface area contributed by atoms with Crippen LogP contribution in [0.2, 0.25) is 5.32 Å². The van der Waals surface area contributed by atoms with Crippen molar-refractivity contribution in [1.82, 2.24) is 9.45 Å². The van der Waals surface area contributed by atoms with Crippen LogP contribution in [0.3, 0.4) is 0 Å². The average Bonchev–Trinajstić information content (AvgIpc) is 2.47. The number of hydrazine groups is 1. The van der Waals surface area contributed by atoms with Gasteiger partial charge in [-0.3, -0.25) is 0 Å². The first-order valence-electron chi connectivity index (χ1n) is 6.31. The van der Waals surface area contributed by atoms with Crippen molar-refractivity contribution in [3.8, 4) is 0 Å². The fourth-order valence-electron chi connectivity index (χ4n) is 1.44. The summed E-state index contributed by atoms with van der Waals surface area (Å²) in [4.78, 5) is 22.9. The molecule has 1 amide bonds. The molecule has 1 unspecified atom stereocenters. The third-order valence-electron chi connectivity index (χ3n) is 2.42. The van der Waals surface area contributed by atoms with Crippen LogP contribution < -0.4 is 5.43 Å². The number of ether oxygens (including phenoxy) is 1. The van der Waals surface area contributed by atoms with Crippen molar-refractivity contribution >= 4 is 39.9 Å².